The Balaban J connectivity index is 1.92. The van der Waals surface area contributed by atoms with Gasteiger partial charge in [0, 0.05) is 29.9 Å². The molecule has 0 bridgehead atoms. The molecule has 0 aliphatic carbocycles. The van der Waals surface area contributed by atoms with Gasteiger partial charge in [-0.15, -0.1) is 0 Å². The Bertz CT molecular complexity index is 1190. The molecular formula is C24H23N7. The van der Waals surface area contributed by atoms with Crippen molar-refractivity contribution >= 4 is 34.6 Å². The lowest BCUT2D eigenvalue weighted by atomic mass is 10.0. The Morgan fingerprint density at radius 1 is 1.10 bits per heavy atom. The number of nitrogens with one attached hydrogen (secondary N) is 2. The zero-order valence-corrected chi connectivity index (χ0v) is 17.4. The maximum Gasteiger partial charge on any atom is 0.123 e. The fourth-order valence-electron chi connectivity index (χ4n) is 3.81. The molecule has 4 rings (SSSR count). The van der Waals surface area contributed by atoms with Crippen LogP contribution in [0.4, 0.5) is 22.9 Å². The number of aromatic nitrogens is 1. The highest BCUT2D eigenvalue weighted by Gasteiger charge is 2.31. The summed E-state index contributed by atoms with van der Waals surface area (Å²) >= 11 is 0. The first-order valence-electron chi connectivity index (χ1n) is 9.96. The van der Waals surface area contributed by atoms with Gasteiger partial charge in [-0.1, -0.05) is 13.0 Å². The van der Waals surface area contributed by atoms with Crippen molar-refractivity contribution in [2.45, 2.75) is 13.8 Å². The number of fused-ring (bicyclic) bond motifs is 1. The molecule has 1 atom stereocenters. The van der Waals surface area contributed by atoms with Gasteiger partial charge in [-0.25, -0.2) is 4.98 Å². The van der Waals surface area contributed by atoms with E-state index in [-0.39, 0.29) is 5.92 Å². The molecule has 0 saturated heterocycles. The number of amidine groups is 2. The summed E-state index contributed by atoms with van der Waals surface area (Å²) in [5.74, 6) is 1.03. The van der Waals surface area contributed by atoms with E-state index in [2.05, 4.69) is 22.0 Å². The number of hydrogen-bond acceptors (Lipinski definition) is 6. The SMILES string of the molecule is CC(=N)N1C(=N)C(C)CN(c2ccc(C#N)cc2)c2cc(-c3ccc(N)nc3)ccc21. The van der Waals surface area contributed by atoms with Crippen molar-refractivity contribution in [3.05, 3.63) is 66.4 Å². The van der Waals surface area contributed by atoms with Gasteiger partial charge in [-0.2, -0.15) is 5.26 Å². The van der Waals surface area contributed by atoms with E-state index >= 15 is 0 Å². The number of nitrogens with two attached hydrogens (primary N) is 1. The van der Waals surface area contributed by atoms with E-state index in [9.17, 15) is 0 Å². The summed E-state index contributed by atoms with van der Waals surface area (Å²) in [5, 5.41) is 26.2. The molecule has 3 aromatic rings. The van der Waals surface area contributed by atoms with E-state index in [1.54, 1.807) is 36.2 Å². The summed E-state index contributed by atoms with van der Waals surface area (Å²) in [5.41, 5.74) is 10.8. The van der Waals surface area contributed by atoms with Crippen LogP contribution in [0.15, 0.2) is 60.8 Å². The zero-order chi connectivity index (χ0) is 22.1. The van der Waals surface area contributed by atoms with Crippen LogP contribution >= 0.6 is 0 Å². The first-order valence-corrected chi connectivity index (χ1v) is 9.96. The van der Waals surface area contributed by atoms with E-state index < -0.39 is 0 Å². The van der Waals surface area contributed by atoms with Crippen molar-refractivity contribution < 1.29 is 0 Å². The van der Waals surface area contributed by atoms with Crippen LogP contribution in [0.3, 0.4) is 0 Å². The normalized spacial score (nSPS) is 15.8. The fourth-order valence-corrected chi connectivity index (χ4v) is 3.81. The van der Waals surface area contributed by atoms with Crippen molar-refractivity contribution in [2.24, 2.45) is 5.92 Å². The molecule has 154 valence electrons. The van der Waals surface area contributed by atoms with Gasteiger partial charge >= 0.3 is 0 Å². The summed E-state index contributed by atoms with van der Waals surface area (Å²) in [6, 6.07) is 19.3. The molecule has 7 heteroatoms. The molecule has 0 spiro atoms. The maximum absolute atomic E-state index is 9.16. The van der Waals surface area contributed by atoms with Crippen LogP contribution in [0, 0.1) is 28.1 Å². The number of pyridine rings is 1. The van der Waals surface area contributed by atoms with E-state index in [0.717, 1.165) is 28.2 Å². The Morgan fingerprint density at radius 3 is 2.42 bits per heavy atom. The van der Waals surface area contributed by atoms with Gasteiger partial charge in [-0.05, 0) is 61.0 Å². The third-order valence-electron chi connectivity index (χ3n) is 5.43. The fraction of sp³-hybridized carbons (Fsp3) is 0.167. The van der Waals surface area contributed by atoms with E-state index in [1.807, 2.05) is 37.3 Å². The Morgan fingerprint density at radius 2 is 1.81 bits per heavy atom. The van der Waals surface area contributed by atoms with E-state index in [4.69, 9.17) is 21.8 Å². The van der Waals surface area contributed by atoms with Crippen LogP contribution in [0.5, 0.6) is 0 Å². The van der Waals surface area contributed by atoms with Gasteiger partial charge in [0.15, 0.2) is 0 Å². The Hall–Kier alpha value is -4.18. The molecule has 4 N–H and O–H groups in total. The molecule has 2 heterocycles. The Labute approximate surface area is 181 Å². The second kappa shape index (κ2) is 7.92. The minimum Gasteiger partial charge on any atom is -0.384 e. The number of anilines is 4. The smallest absolute Gasteiger partial charge is 0.123 e. The quantitative estimate of drug-likeness (QED) is 0.416. The maximum atomic E-state index is 9.16. The summed E-state index contributed by atoms with van der Waals surface area (Å²) in [6.45, 7) is 4.26. The van der Waals surface area contributed by atoms with Gasteiger partial charge in [0.2, 0.25) is 0 Å². The average Bonchev–Trinajstić information content (AvgIpc) is 2.88. The molecule has 1 unspecified atom stereocenters. The molecule has 0 radical (unpaired) electrons. The molecule has 0 saturated carbocycles. The molecule has 2 aromatic carbocycles. The van der Waals surface area contributed by atoms with Crippen LogP contribution in [-0.4, -0.2) is 23.2 Å². The number of nitrogens with zero attached hydrogens (tertiary/aromatic N) is 4. The van der Waals surface area contributed by atoms with E-state index in [1.165, 1.54) is 0 Å². The van der Waals surface area contributed by atoms with Crippen molar-refractivity contribution in [2.75, 3.05) is 22.1 Å². The third kappa shape index (κ3) is 3.71. The molecule has 1 aromatic heterocycles. The monoisotopic (exact) mass is 409 g/mol. The van der Waals surface area contributed by atoms with Gasteiger partial charge in [-0.3, -0.25) is 15.7 Å². The minimum atomic E-state index is -0.106. The zero-order valence-electron chi connectivity index (χ0n) is 17.4. The highest BCUT2D eigenvalue weighted by Crippen LogP contribution is 2.41. The number of nitriles is 1. The Kier molecular flexibility index (Phi) is 5.14. The van der Waals surface area contributed by atoms with Crippen molar-refractivity contribution in [1.82, 2.24) is 4.98 Å². The third-order valence-corrected chi connectivity index (χ3v) is 5.43. The number of benzene rings is 2. The standard InChI is InChI=1S/C24H23N7/c1-15-14-30(20-7-3-17(12-25)4-8-20)22-11-18(19-6-10-23(27)29-13-19)5-9-21(22)31(16(2)26)24(15)28/h3-11,13,15,26,28H,14H2,1-2H3,(H2,27,29). The lowest BCUT2D eigenvalue weighted by Crippen LogP contribution is -2.38. The topological polar surface area (TPSA) is 117 Å². The van der Waals surface area contributed by atoms with Gasteiger partial charge in [0.25, 0.3) is 0 Å². The molecule has 7 nitrogen and oxygen atoms in total. The van der Waals surface area contributed by atoms with Gasteiger partial charge < -0.3 is 10.6 Å². The van der Waals surface area contributed by atoms with Crippen LogP contribution in [0.1, 0.15) is 19.4 Å². The van der Waals surface area contributed by atoms with Crippen LogP contribution in [-0.2, 0) is 0 Å². The highest BCUT2D eigenvalue weighted by molar-refractivity contribution is 6.19. The minimum absolute atomic E-state index is 0.106. The number of nitrogen functional groups attached to an aromatic ring is 1. The number of hydrogen-bond donors (Lipinski definition) is 3. The highest BCUT2D eigenvalue weighted by atomic mass is 15.3. The second-order valence-corrected chi connectivity index (χ2v) is 7.65. The lowest BCUT2D eigenvalue weighted by molar-refractivity contribution is 0.757. The van der Waals surface area contributed by atoms with Crippen molar-refractivity contribution in [3.63, 3.8) is 0 Å². The molecule has 0 amide bonds. The molecule has 1 aliphatic heterocycles. The first-order chi connectivity index (χ1) is 14.9. The molecular weight excluding hydrogens is 386 g/mol. The number of rotatable bonds is 2. The molecule has 0 fully saturated rings. The van der Waals surface area contributed by atoms with Crippen molar-refractivity contribution in [3.8, 4) is 17.2 Å². The first kappa shape index (κ1) is 20.1. The summed E-state index contributed by atoms with van der Waals surface area (Å²) in [4.78, 5) is 8.04. The van der Waals surface area contributed by atoms with Gasteiger partial charge in [0.1, 0.15) is 17.5 Å². The van der Waals surface area contributed by atoms with Crippen LogP contribution < -0.4 is 15.5 Å². The largest absolute Gasteiger partial charge is 0.384 e. The average molecular weight is 409 g/mol. The molecule has 1 aliphatic rings. The van der Waals surface area contributed by atoms with Crippen LogP contribution in [0.2, 0.25) is 0 Å². The summed E-state index contributed by atoms with van der Waals surface area (Å²) in [7, 11) is 0. The summed E-state index contributed by atoms with van der Waals surface area (Å²) in [6.07, 6.45) is 1.74. The predicted octanol–water partition coefficient (Wildman–Crippen LogP) is 4.77. The summed E-state index contributed by atoms with van der Waals surface area (Å²) < 4.78 is 0. The molecule has 31 heavy (non-hydrogen) atoms. The van der Waals surface area contributed by atoms with Crippen molar-refractivity contribution in [1.29, 1.82) is 16.1 Å². The lowest BCUT2D eigenvalue weighted by Gasteiger charge is -2.27. The van der Waals surface area contributed by atoms with Crippen LogP contribution in [0.25, 0.3) is 11.1 Å². The van der Waals surface area contributed by atoms with E-state index in [0.29, 0.717) is 29.6 Å². The predicted molar refractivity (Wildman–Crippen MR) is 125 cm³/mol. The second-order valence-electron chi connectivity index (χ2n) is 7.65. The van der Waals surface area contributed by atoms with Gasteiger partial charge in [0.05, 0.1) is 23.0 Å².